The van der Waals surface area contributed by atoms with Gasteiger partial charge in [0.1, 0.15) is 6.04 Å². The minimum Gasteiger partial charge on any atom is -0.478 e. The summed E-state index contributed by atoms with van der Waals surface area (Å²) in [7, 11) is 1.56. The van der Waals surface area contributed by atoms with Crippen LogP contribution in [0.15, 0.2) is 11.6 Å². The SMILES string of the molecule is C/C(=C\[C@H](C(C)C)N(C)C(=O)[C@@H](N)[C@H](C)O)C(=O)O. The molecular formula is C13H24N2O4. The van der Waals surface area contributed by atoms with E-state index in [1.807, 2.05) is 13.8 Å². The highest BCUT2D eigenvalue weighted by Gasteiger charge is 2.28. The first-order valence-corrected chi connectivity index (χ1v) is 6.21. The second-order valence-electron chi connectivity index (χ2n) is 5.10. The Morgan fingerprint density at radius 1 is 1.26 bits per heavy atom. The number of likely N-dealkylation sites (N-methyl/N-ethyl adjacent to an activating group) is 1. The monoisotopic (exact) mass is 272 g/mol. The average molecular weight is 272 g/mol. The number of aliphatic hydroxyl groups excluding tert-OH is 1. The van der Waals surface area contributed by atoms with Crippen LogP contribution in [0.4, 0.5) is 0 Å². The Labute approximate surface area is 113 Å². The van der Waals surface area contributed by atoms with Crippen LogP contribution in [-0.4, -0.2) is 52.2 Å². The highest BCUT2D eigenvalue weighted by atomic mass is 16.4. The molecule has 0 unspecified atom stereocenters. The van der Waals surface area contributed by atoms with Crippen LogP contribution >= 0.6 is 0 Å². The first kappa shape index (κ1) is 17.6. The van der Waals surface area contributed by atoms with E-state index in [-0.39, 0.29) is 17.5 Å². The van der Waals surface area contributed by atoms with E-state index in [1.165, 1.54) is 24.8 Å². The van der Waals surface area contributed by atoms with Gasteiger partial charge in [0.15, 0.2) is 0 Å². The zero-order valence-electron chi connectivity index (χ0n) is 12.1. The number of hydrogen-bond donors (Lipinski definition) is 3. The molecule has 0 aliphatic carbocycles. The molecule has 0 bridgehead atoms. The lowest BCUT2D eigenvalue weighted by Gasteiger charge is -2.32. The van der Waals surface area contributed by atoms with Crippen molar-refractivity contribution in [2.24, 2.45) is 11.7 Å². The summed E-state index contributed by atoms with van der Waals surface area (Å²) in [4.78, 5) is 24.3. The van der Waals surface area contributed by atoms with E-state index in [1.54, 1.807) is 7.05 Å². The minimum atomic E-state index is -1.02. The van der Waals surface area contributed by atoms with Gasteiger partial charge in [-0.15, -0.1) is 0 Å². The van der Waals surface area contributed by atoms with Crippen molar-refractivity contribution in [3.05, 3.63) is 11.6 Å². The number of carbonyl (C=O) groups is 2. The van der Waals surface area contributed by atoms with Gasteiger partial charge < -0.3 is 20.8 Å². The molecular weight excluding hydrogens is 248 g/mol. The largest absolute Gasteiger partial charge is 0.478 e. The van der Waals surface area contributed by atoms with Crippen LogP contribution < -0.4 is 5.73 Å². The Kier molecular flexibility index (Phi) is 6.72. The zero-order chi connectivity index (χ0) is 15.3. The van der Waals surface area contributed by atoms with E-state index in [0.29, 0.717) is 0 Å². The van der Waals surface area contributed by atoms with Crippen LogP contribution in [0.3, 0.4) is 0 Å². The molecule has 0 aliphatic heterocycles. The fourth-order valence-corrected chi connectivity index (χ4v) is 1.67. The maximum Gasteiger partial charge on any atom is 0.331 e. The Morgan fingerprint density at radius 2 is 1.74 bits per heavy atom. The molecule has 19 heavy (non-hydrogen) atoms. The molecule has 6 heteroatoms. The van der Waals surface area contributed by atoms with Gasteiger partial charge in [-0.1, -0.05) is 19.9 Å². The summed E-state index contributed by atoms with van der Waals surface area (Å²) in [5.41, 5.74) is 5.78. The summed E-state index contributed by atoms with van der Waals surface area (Å²) in [6.45, 7) is 6.69. The van der Waals surface area contributed by atoms with Crippen LogP contribution in [-0.2, 0) is 9.59 Å². The molecule has 0 fully saturated rings. The van der Waals surface area contributed by atoms with Crippen molar-refractivity contribution in [2.45, 2.75) is 45.9 Å². The molecule has 3 atom stereocenters. The number of carboxylic acid groups (broad SMARTS) is 1. The van der Waals surface area contributed by atoms with Gasteiger partial charge in [0, 0.05) is 12.6 Å². The van der Waals surface area contributed by atoms with E-state index < -0.39 is 24.0 Å². The molecule has 0 saturated heterocycles. The van der Waals surface area contributed by atoms with E-state index >= 15 is 0 Å². The van der Waals surface area contributed by atoms with E-state index in [4.69, 9.17) is 10.8 Å². The second kappa shape index (κ2) is 7.25. The molecule has 6 nitrogen and oxygen atoms in total. The molecule has 0 radical (unpaired) electrons. The molecule has 0 aliphatic rings. The van der Waals surface area contributed by atoms with Crippen molar-refractivity contribution < 1.29 is 19.8 Å². The van der Waals surface area contributed by atoms with Gasteiger partial charge in [-0.25, -0.2) is 4.79 Å². The molecule has 0 saturated carbocycles. The molecule has 0 spiro atoms. The summed E-state index contributed by atoms with van der Waals surface area (Å²) in [6.07, 6.45) is 0.576. The Balaban J connectivity index is 5.16. The summed E-state index contributed by atoms with van der Waals surface area (Å²) in [5, 5.41) is 18.2. The fourth-order valence-electron chi connectivity index (χ4n) is 1.67. The van der Waals surface area contributed by atoms with Gasteiger partial charge in [0.25, 0.3) is 0 Å². The highest BCUT2D eigenvalue weighted by Crippen LogP contribution is 2.14. The molecule has 0 heterocycles. The van der Waals surface area contributed by atoms with Gasteiger partial charge in [-0.2, -0.15) is 0 Å². The molecule has 0 aromatic carbocycles. The Bertz CT molecular complexity index is 364. The number of carboxylic acids is 1. The van der Waals surface area contributed by atoms with Crippen LogP contribution in [0, 0.1) is 5.92 Å². The van der Waals surface area contributed by atoms with Gasteiger partial charge >= 0.3 is 5.97 Å². The summed E-state index contributed by atoms with van der Waals surface area (Å²) in [5.74, 6) is -1.40. The number of hydrogen-bond acceptors (Lipinski definition) is 4. The number of aliphatic hydroxyl groups is 1. The molecule has 0 aromatic heterocycles. The molecule has 0 rings (SSSR count). The summed E-state index contributed by atoms with van der Waals surface area (Å²) < 4.78 is 0. The predicted molar refractivity (Wildman–Crippen MR) is 72.4 cm³/mol. The van der Waals surface area contributed by atoms with Crippen LogP contribution in [0.2, 0.25) is 0 Å². The third kappa shape index (κ3) is 5.00. The normalized spacial score (nSPS) is 16.9. The first-order valence-electron chi connectivity index (χ1n) is 6.21. The van der Waals surface area contributed by atoms with Crippen molar-refractivity contribution in [1.82, 2.24) is 4.90 Å². The molecule has 0 aromatic rings. The zero-order valence-corrected chi connectivity index (χ0v) is 12.1. The van der Waals surface area contributed by atoms with Gasteiger partial charge in [0.2, 0.25) is 5.91 Å². The number of rotatable bonds is 6. The molecule has 1 amide bonds. The molecule has 4 N–H and O–H groups in total. The third-order valence-electron chi connectivity index (χ3n) is 3.04. The standard InChI is InChI=1S/C13H24N2O4/c1-7(2)10(6-8(3)13(18)19)15(5)12(17)11(14)9(4)16/h6-7,9-11,16H,14H2,1-5H3,(H,18,19)/b8-6+/t9-,10+,11-/m0/s1. The number of amides is 1. The number of aliphatic carboxylic acids is 1. The minimum absolute atomic E-state index is 0.0319. The predicted octanol–water partition coefficient (Wildman–Crippen LogP) is 0.208. The lowest BCUT2D eigenvalue weighted by Crippen LogP contribution is -2.51. The Morgan fingerprint density at radius 3 is 2.05 bits per heavy atom. The van der Waals surface area contributed by atoms with Crippen molar-refractivity contribution in [1.29, 1.82) is 0 Å². The molecule has 110 valence electrons. The van der Waals surface area contributed by atoms with Gasteiger partial charge in [-0.3, -0.25) is 4.79 Å². The highest BCUT2D eigenvalue weighted by molar-refractivity contribution is 5.86. The fraction of sp³-hybridized carbons (Fsp3) is 0.692. The van der Waals surface area contributed by atoms with E-state index in [9.17, 15) is 14.7 Å². The van der Waals surface area contributed by atoms with Crippen molar-refractivity contribution in [3.63, 3.8) is 0 Å². The topological polar surface area (TPSA) is 104 Å². The third-order valence-corrected chi connectivity index (χ3v) is 3.04. The van der Waals surface area contributed by atoms with Crippen LogP contribution in [0.25, 0.3) is 0 Å². The quantitative estimate of drug-likeness (QED) is 0.600. The van der Waals surface area contributed by atoms with E-state index in [0.717, 1.165) is 0 Å². The summed E-state index contributed by atoms with van der Waals surface area (Å²) in [6, 6.07) is -1.39. The number of nitrogens with zero attached hydrogens (tertiary/aromatic N) is 1. The Hall–Kier alpha value is -1.40. The van der Waals surface area contributed by atoms with Gasteiger partial charge in [0.05, 0.1) is 12.1 Å². The maximum atomic E-state index is 12.0. The van der Waals surface area contributed by atoms with Crippen molar-refractivity contribution in [2.75, 3.05) is 7.05 Å². The van der Waals surface area contributed by atoms with Gasteiger partial charge in [-0.05, 0) is 19.8 Å². The number of nitrogens with two attached hydrogens (primary N) is 1. The number of carbonyl (C=O) groups excluding carboxylic acids is 1. The lowest BCUT2D eigenvalue weighted by molar-refractivity contribution is -0.136. The van der Waals surface area contributed by atoms with Crippen LogP contribution in [0.1, 0.15) is 27.7 Å². The lowest BCUT2D eigenvalue weighted by atomic mass is 9.99. The summed E-state index contributed by atoms with van der Waals surface area (Å²) >= 11 is 0. The van der Waals surface area contributed by atoms with Crippen molar-refractivity contribution in [3.8, 4) is 0 Å². The maximum absolute atomic E-state index is 12.0. The van der Waals surface area contributed by atoms with E-state index in [2.05, 4.69) is 0 Å². The first-order chi connectivity index (χ1) is 8.59. The smallest absolute Gasteiger partial charge is 0.331 e. The van der Waals surface area contributed by atoms with Crippen molar-refractivity contribution >= 4 is 11.9 Å². The van der Waals surface area contributed by atoms with Crippen LogP contribution in [0.5, 0.6) is 0 Å². The average Bonchev–Trinajstić information content (AvgIpc) is 2.31. The second-order valence-corrected chi connectivity index (χ2v) is 5.10.